The van der Waals surface area contributed by atoms with Gasteiger partial charge in [0.2, 0.25) is 0 Å². The van der Waals surface area contributed by atoms with Crippen LogP contribution in [0.15, 0.2) is 0 Å². The number of hydrogen-bond donors (Lipinski definition) is 0. The molecule has 1 heterocycles. The van der Waals surface area contributed by atoms with Crippen LogP contribution in [0.25, 0.3) is 0 Å². The van der Waals surface area contributed by atoms with E-state index in [-0.39, 0.29) is 0 Å². The first kappa shape index (κ1) is 12.4. The number of nitrogens with zero attached hydrogens (tertiary/aromatic N) is 1. The molecule has 0 N–H and O–H groups in total. The van der Waals surface area contributed by atoms with Gasteiger partial charge in [0.05, 0.1) is 0 Å². The molecule has 0 aromatic carbocycles. The van der Waals surface area contributed by atoms with Crippen molar-refractivity contribution in [3.05, 3.63) is 0 Å². The van der Waals surface area contributed by atoms with Crippen molar-refractivity contribution in [3.63, 3.8) is 0 Å². The van der Waals surface area contributed by atoms with Gasteiger partial charge < -0.3 is 0 Å². The second-order valence-corrected chi connectivity index (χ2v) is 8.44. The van der Waals surface area contributed by atoms with Crippen LogP contribution >= 0.6 is 0 Å². The number of fused-ring (bicyclic) bond motifs is 1. The molecule has 1 nitrogen and oxygen atoms in total. The molecule has 0 aromatic heterocycles. The lowest BCUT2D eigenvalue weighted by molar-refractivity contribution is 0.124. The van der Waals surface area contributed by atoms with E-state index in [4.69, 9.17) is 0 Å². The van der Waals surface area contributed by atoms with E-state index in [2.05, 4.69) is 53.4 Å². The van der Waals surface area contributed by atoms with Crippen LogP contribution in [0.1, 0.15) is 54.9 Å². The Balaban J connectivity index is 2.23. The van der Waals surface area contributed by atoms with E-state index < -0.39 is 0 Å². The molecule has 2 rings (SSSR count). The van der Waals surface area contributed by atoms with Gasteiger partial charge in [0.15, 0.2) is 0 Å². The van der Waals surface area contributed by atoms with Crippen molar-refractivity contribution in [2.24, 2.45) is 22.7 Å². The molecule has 2 aliphatic rings. The second kappa shape index (κ2) is 3.25. The van der Waals surface area contributed by atoms with Crippen LogP contribution in [0.4, 0.5) is 0 Å². The quantitative estimate of drug-likeness (QED) is 0.604. The Labute approximate surface area is 102 Å². The van der Waals surface area contributed by atoms with E-state index in [0.717, 1.165) is 11.8 Å². The van der Waals surface area contributed by atoms with Crippen molar-refractivity contribution < 1.29 is 0 Å². The van der Waals surface area contributed by atoms with Gasteiger partial charge in [0, 0.05) is 18.6 Å². The maximum Gasteiger partial charge on any atom is 0.0125 e. The highest BCUT2D eigenvalue weighted by atomic mass is 15.2. The van der Waals surface area contributed by atoms with Crippen molar-refractivity contribution in [1.29, 1.82) is 0 Å². The zero-order valence-corrected chi connectivity index (χ0v) is 12.2. The summed E-state index contributed by atoms with van der Waals surface area (Å²) in [5.41, 5.74) is 1.42. The number of hydrogen-bond acceptors (Lipinski definition) is 1. The molecule has 0 amide bonds. The highest BCUT2D eigenvalue weighted by molar-refractivity contribution is 5.07. The van der Waals surface area contributed by atoms with Crippen LogP contribution in [0.2, 0.25) is 0 Å². The Morgan fingerprint density at radius 1 is 0.875 bits per heavy atom. The monoisotopic (exact) mass is 223 g/mol. The van der Waals surface area contributed by atoms with E-state index in [1.165, 1.54) is 19.5 Å². The standard InChI is InChI=1S/C15H29N/c1-13(2,3)16-8-11-12(9-16)15(6,7)10-14(11,4)5/h11-12H,8-10H2,1-7H3. The molecule has 1 aliphatic heterocycles. The van der Waals surface area contributed by atoms with Gasteiger partial charge in [-0.1, -0.05) is 27.7 Å². The summed E-state index contributed by atoms with van der Waals surface area (Å²) in [6, 6.07) is 0. The molecular formula is C15H29N. The summed E-state index contributed by atoms with van der Waals surface area (Å²) in [6.07, 6.45) is 1.40. The molecular weight excluding hydrogens is 194 g/mol. The average Bonchev–Trinajstić information content (AvgIpc) is 2.49. The minimum atomic E-state index is 0.344. The Morgan fingerprint density at radius 3 is 1.56 bits per heavy atom. The molecule has 1 saturated carbocycles. The largest absolute Gasteiger partial charge is 0.298 e. The highest BCUT2D eigenvalue weighted by Crippen LogP contribution is 2.59. The third-order valence-electron chi connectivity index (χ3n) is 5.19. The Hall–Kier alpha value is -0.0400. The lowest BCUT2D eigenvalue weighted by Gasteiger charge is -2.36. The maximum absolute atomic E-state index is 2.70. The Morgan fingerprint density at radius 2 is 1.25 bits per heavy atom. The molecule has 94 valence electrons. The number of rotatable bonds is 0. The molecule has 1 aliphatic carbocycles. The van der Waals surface area contributed by atoms with Gasteiger partial charge in [-0.25, -0.2) is 0 Å². The molecule has 0 spiro atoms. The van der Waals surface area contributed by atoms with Gasteiger partial charge in [0.25, 0.3) is 0 Å². The smallest absolute Gasteiger partial charge is 0.0125 e. The van der Waals surface area contributed by atoms with Crippen LogP contribution in [-0.4, -0.2) is 23.5 Å². The Bertz CT molecular complexity index is 260. The fourth-order valence-electron chi connectivity index (χ4n) is 4.37. The summed E-state index contributed by atoms with van der Waals surface area (Å²) in [5.74, 6) is 1.81. The fraction of sp³-hybridized carbons (Fsp3) is 1.00. The minimum Gasteiger partial charge on any atom is -0.298 e. The third kappa shape index (κ3) is 1.81. The van der Waals surface area contributed by atoms with Crippen LogP contribution in [-0.2, 0) is 0 Å². The summed E-state index contributed by atoms with van der Waals surface area (Å²) in [6.45, 7) is 19.6. The average molecular weight is 223 g/mol. The molecule has 1 heteroatoms. The van der Waals surface area contributed by atoms with Crippen molar-refractivity contribution in [2.45, 2.75) is 60.4 Å². The summed E-state index contributed by atoms with van der Waals surface area (Å²) in [7, 11) is 0. The molecule has 2 unspecified atom stereocenters. The molecule has 16 heavy (non-hydrogen) atoms. The van der Waals surface area contributed by atoms with E-state index in [9.17, 15) is 0 Å². The van der Waals surface area contributed by atoms with Crippen molar-refractivity contribution >= 4 is 0 Å². The zero-order valence-electron chi connectivity index (χ0n) is 12.2. The van der Waals surface area contributed by atoms with Crippen molar-refractivity contribution in [2.75, 3.05) is 13.1 Å². The second-order valence-electron chi connectivity index (χ2n) is 8.44. The first-order valence-corrected chi connectivity index (χ1v) is 6.79. The normalized spacial score (nSPS) is 37.7. The summed E-state index contributed by atoms with van der Waals surface area (Å²) in [4.78, 5) is 2.70. The van der Waals surface area contributed by atoms with Gasteiger partial charge in [0.1, 0.15) is 0 Å². The van der Waals surface area contributed by atoms with E-state index in [1.807, 2.05) is 0 Å². The summed E-state index contributed by atoms with van der Waals surface area (Å²) < 4.78 is 0. The molecule has 0 radical (unpaired) electrons. The Kier molecular flexibility index (Phi) is 2.52. The van der Waals surface area contributed by atoms with Gasteiger partial charge >= 0.3 is 0 Å². The highest BCUT2D eigenvalue weighted by Gasteiger charge is 2.56. The van der Waals surface area contributed by atoms with Gasteiger partial charge in [-0.3, -0.25) is 4.90 Å². The zero-order chi connectivity index (χ0) is 12.4. The van der Waals surface area contributed by atoms with Crippen LogP contribution in [0, 0.1) is 22.7 Å². The first-order chi connectivity index (χ1) is 7.04. The molecule has 1 saturated heterocycles. The SMILES string of the molecule is CC1(C)CC(C)(C)C2CN(C(C)(C)C)CC21. The van der Waals surface area contributed by atoms with E-state index >= 15 is 0 Å². The summed E-state index contributed by atoms with van der Waals surface area (Å²) >= 11 is 0. The topological polar surface area (TPSA) is 3.24 Å². The number of likely N-dealkylation sites (tertiary alicyclic amines) is 1. The van der Waals surface area contributed by atoms with Crippen LogP contribution in [0.3, 0.4) is 0 Å². The van der Waals surface area contributed by atoms with Crippen LogP contribution < -0.4 is 0 Å². The van der Waals surface area contributed by atoms with Crippen LogP contribution in [0.5, 0.6) is 0 Å². The first-order valence-electron chi connectivity index (χ1n) is 6.79. The molecule has 2 fully saturated rings. The minimum absolute atomic E-state index is 0.344. The fourth-order valence-corrected chi connectivity index (χ4v) is 4.37. The van der Waals surface area contributed by atoms with E-state index in [1.54, 1.807) is 0 Å². The predicted octanol–water partition coefficient (Wildman–Crippen LogP) is 3.79. The van der Waals surface area contributed by atoms with E-state index in [0.29, 0.717) is 16.4 Å². The summed E-state index contributed by atoms with van der Waals surface area (Å²) in [5, 5.41) is 0. The molecule has 0 aromatic rings. The predicted molar refractivity (Wildman–Crippen MR) is 70.5 cm³/mol. The van der Waals surface area contributed by atoms with Crippen molar-refractivity contribution in [1.82, 2.24) is 4.90 Å². The lowest BCUT2D eigenvalue weighted by Crippen LogP contribution is -2.41. The van der Waals surface area contributed by atoms with Gasteiger partial charge in [-0.2, -0.15) is 0 Å². The maximum atomic E-state index is 2.70. The molecule has 2 atom stereocenters. The van der Waals surface area contributed by atoms with Gasteiger partial charge in [-0.05, 0) is 49.9 Å². The lowest BCUT2D eigenvalue weighted by atomic mass is 9.80. The molecule has 0 bridgehead atoms. The van der Waals surface area contributed by atoms with Crippen molar-refractivity contribution in [3.8, 4) is 0 Å². The van der Waals surface area contributed by atoms with Gasteiger partial charge in [-0.15, -0.1) is 0 Å². The third-order valence-corrected chi connectivity index (χ3v) is 5.19.